The molecule has 1 aromatic heterocycles. The molecule has 0 spiro atoms. The van der Waals surface area contributed by atoms with Gasteiger partial charge in [0.1, 0.15) is 24.6 Å². The van der Waals surface area contributed by atoms with Crippen molar-refractivity contribution in [1.82, 2.24) is 9.97 Å². The third-order valence-electron chi connectivity index (χ3n) is 6.46. The maximum Gasteiger partial charge on any atom is 0.146 e. The third kappa shape index (κ3) is 2.76. The van der Waals surface area contributed by atoms with Crippen LogP contribution in [-0.4, -0.2) is 28.7 Å². The van der Waals surface area contributed by atoms with Gasteiger partial charge < -0.3 is 15.6 Å². The van der Waals surface area contributed by atoms with E-state index >= 15 is 0 Å². The second-order valence-corrected chi connectivity index (χ2v) is 8.18. The van der Waals surface area contributed by atoms with Crippen LogP contribution in [0, 0.1) is 11.8 Å². The second-order valence-electron chi connectivity index (χ2n) is 8.18. The third-order valence-corrected chi connectivity index (χ3v) is 6.46. The van der Waals surface area contributed by atoms with Gasteiger partial charge in [0.05, 0.1) is 22.4 Å². The van der Waals surface area contributed by atoms with Gasteiger partial charge in [-0.2, -0.15) is 0 Å². The minimum Gasteiger partial charge on any atom is -0.360 e. The number of aromatic nitrogens is 2. The highest BCUT2D eigenvalue weighted by Gasteiger charge is 2.42. The minimum atomic E-state index is -0.300. The average molecular weight is 420 g/mol. The van der Waals surface area contributed by atoms with Crippen molar-refractivity contribution in [2.24, 2.45) is 11.8 Å². The van der Waals surface area contributed by atoms with Gasteiger partial charge in [-0.1, -0.05) is 48.6 Å². The van der Waals surface area contributed by atoms with E-state index in [1.165, 1.54) is 0 Å². The van der Waals surface area contributed by atoms with E-state index in [1.54, 1.807) is 12.2 Å². The van der Waals surface area contributed by atoms with Crippen molar-refractivity contribution < 1.29 is 9.59 Å². The maximum atomic E-state index is 12.1. The molecule has 6 nitrogen and oxygen atoms in total. The summed E-state index contributed by atoms with van der Waals surface area (Å²) in [5.74, 6) is 0.142. The highest BCUT2D eigenvalue weighted by atomic mass is 16.1. The number of rotatable bonds is 4. The lowest BCUT2D eigenvalue weighted by atomic mass is 9.67. The van der Waals surface area contributed by atoms with Gasteiger partial charge in [-0.3, -0.25) is 9.59 Å². The molecule has 1 unspecified atom stereocenters. The van der Waals surface area contributed by atoms with Gasteiger partial charge in [0, 0.05) is 28.6 Å². The Hall–Kier alpha value is -4.19. The van der Waals surface area contributed by atoms with E-state index in [0.29, 0.717) is 17.0 Å². The number of carbonyl (C=O) groups excluding carboxylic acids is 2. The maximum absolute atomic E-state index is 12.1. The van der Waals surface area contributed by atoms with Gasteiger partial charge >= 0.3 is 0 Å². The van der Waals surface area contributed by atoms with Crippen molar-refractivity contribution in [3.05, 3.63) is 95.4 Å². The first kappa shape index (κ1) is 18.6. The lowest BCUT2D eigenvalue weighted by Gasteiger charge is -2.37. The molecule has 1 aliphatic heterocycles. The Bertz CT molecular complexity index is 1330. The van der Waals surface area contributed by atoms with Crippen molar-refractivity contribution in [2.45, 2.75) is 6.17 Å². The summed E-state index contributed by atoms with van der Waals surface area (Å²) in [6.45, 7) is 0. The van der Waals surface area contributed by atoms with Gasteiger partial charge in [0.2, 0.25) is 0 Å². The van der Waals surface area contributed by atoms with Gasteiger partial charge in [-0.05, 0) is 29.8 Å². The van der Waals surface area contributed by atoms with E-state index in [2.05, 4.69) is 15.6 Å². The molecule has 32 heavy (non-hydrogen) atoms. The number of anilines is 2. The smallest absolute Gasteiger partial charge is 0.146 e. The Morgan fingerprint density at radius 3 is 2.09 bits per heavy atom. The van der Waals surface area contributed by atoms with Crippen molar-refractivity contribution in [3.63, 3.8) is 0 Å². The number of hydrogen-bond acceptors (Lipinski definition) is 5. The first-order valence-electron chi connectivity index (χ1n) is 10.6. The van der Waals surface area contributed by atoms with Gasteiger partial charge in [0.15, 0.2) is 0 Å². The van der Waals surface area contributed by atoms with Crippen LogP contribution in [0.1, 0.15) is 5.82 Å². The fourth-order valence-corrected chi connectivity index (χ4v) is 4.99. The monoisotopic (exact) mass is 420 g/mol. The van der Waals surface area contributed by atoms with Crippen LogP contribution in [0.5, 0.6) is 0 Å². The van der Waals surface area contributed by atoms with Crippen LogP contribution in [0.4, 0.5) is 11.4 Å². The van der Waals surface area contributed by atoms with Gasteiger partial charge in [0.25, 0.3) is 0 Å². The molecule has 0 saturated carbocycles. The van der Waals surface area contributed by atoms with Crippen molar-refractivity contribution in [3.8, 4) is 0 Å². The first-order valence-corrected chi connectivity index (χ1v) is 10.6. The molecule has 0 radical (unpaired) electrons. The van der Waals surface area contributed by atoms with Crippen LogP contribution in [-0.2, 0) is 9.59 Å². The fourth-order valence-electron chi connectivity index (χ4n) is 4.99. The lowest BCUT2D eigenvalue weighted by Crippen LogP contribution is -2.37. The zero-order chi connectivity index (χ0) is 21.7. The van der Waals surface area contributed by atoms with Crippen LogP contribution in [0.3, 0.4) is 0 Å². The molecule has 0 bridgehead atoms. The standard InChI is InChI=1S/C26H20N4O2/c31-13-15-9-10-16(14-32)24-18(26-29-21-7-3-4-8-22(21)30-26)12-11-17(23(15)24)25-27-19-5-1-2-6-20(19)28-25/h1-14,23-25,27-28H,(H,29,30)/t23-,24?/m1/s1. The van der Waals surface area contributed by atoms with E-state index in [0.717, 1.165) is 46.1 Å². The number of para-hydroxylation sites is 4. The normalized spacial score (nSPS) is 21.9. The van der Waals surface area contributed by atoms with E-state index < -0.39 is 0 Å². The second kappa shape index (κ2) is 7.20. The fraction of sp³-hybridized carbons (Fsp3) is 0.115. The number of H-pyrrole nitrogens is 1. The summed E-state index contributed by atoms with van der Waals surface area (Å²) in [5.41, 5.74) is 7.02. The summed E-state index contributed by atoms with van der Waals surface area (Å²) < 4.78 is 0. The minimum absolute atomic E-state index is 0.178. The van der Waals surface area contributed by atoms with Crippen LogP contribution >= 0.6 is 0 Å². The number of nitrogens with zero attached hydrogens (tertiary/aromatic N) is 1. The molecule has 6 heteroatoms. The molecule has 2 atom stereocenters. The molecule has 3 aromatic rings. The summed E-state index contributed by atoms with van der Waals surface area (Å²) in [7, 11) is 0. The van der Waals surface area contributed by atoms with E-state index in [4.69, 9.17) is 4.98 Å². The average Bonchev–Trinajstić information content (AvgIpc) is 3.46. The SMILES string of the molecule is O=CC1=CC=C(C=O)[C@@H]2C(C3Nc4ccccc4N3)=CC=C(c3nc4ccccc4[nH]3)C12. The Labute approximate surface area is 184 Å². The van der Waals surface area contributed by atoms with Crippen molar-refractivity contribution in [1.29, 1.82) is 0 Å². The van der Waals surface area contributed by atoms with Crippen LogP contribution in [0.2, 0.25) is 0 Å². The van der Waals surface area contributed by atoms with E-state index in [1.807, 2.05) is 60.7 Å². The number of carbonyl (C=O) groups is 2. The highest BCUT2D eigenvalue weighted by Crippen LogP contribution is 2.48. The number of hydrogen-bond donors (Lipinski definition) is 3. The predicted octanol–water partition coefficient (Wildman–Crippen LogP) is 4.25. The molecule has 2 heterocycles. The summed E-state index contributed by atoms with van der Waals surface area (Å²) in [5, 5.41) is 7.02. The molecule has 0 fully saturated rings. The molecule has 2 aliphatic carbocycles. The molecular weight excluding hydrogens is 400 g/mol. The molecule has 0 amide bonds. The number of nitrogens with one attached hydrogen (secondary N) is 3. The van der Waals surface area contributed by atoms with Crippen LogP contribution in [0.15, 0.2) is 89.6 Å². The molecule has 2 aromatic carbocycles. The number of allylic oxidation sites excluding steroid dienone is 7. The predicted molar refractivity (Wildman–Crippen MR) is 125 cm³/mol. The van der Waals surface area contributed by atoms with E-state index in [9.17, 15) is 9.59 Å². The summed E-state index contributed by atoms with van der Waals surface area (Å²) in [6, 6.07) is 15.8. The molecular formula is C26H20N4O2. The summed E-state index contributed by atoms with van der Waals surface area (Å²) in [4.78, 5) is 32.3. The zero-order valence-electron chi connectivity index (χ0n) is 17.1. The van der Waals surface area contributed by atoms with Crippen LogP contribution in [0.25, 0.3) is 16.6 Å². The van der Waals surface area contributed by atoms with Gasteiger partial charge in [-0.25, -0.2) is 4.98 Å². The zero-order valence-corrected chi connectivity index (χ0v) is 17.1. The lowest BCUT2D eigenvalue weighted by molar-refractivity contribution is -0.106. The topological polar surface area (TPSA) is 86.9 Å². The highest BCUT2D eigenvalue weighted by molar-refractivity contribution is 5.91. The number of aldehydes is 2. The number of aromatic amines is 1. The molecule has 3 N–H and O–H groups in total. The Morgan fingerprint density at radius 1 is 0.750 bits per heavy atom. The Balaban J connectivity index is 1.49. The Kier molecular flexibility index (Phi) is 4.18. The summed E-state index contributed by atoms with van der Waals surface area (Å²) >= 11 is 0. The molecule has 156 valence electrons. The number of benzene rings is 2. The number of imidazole rings is 1. The van der Waals surface area contributed by atoms with E-state index in [-0.39, 0.29) is 18.0 Å². The quantitative estimate of drug-likeness (QED) is 0.550. The molecule has 0 saturated heterocycles. The molecule has 6 rings (SSSR count). The van der Waals surface area contributed by atoms with Crippen molar-refractivity contribution >= 4 is 40.6 Å². The molecule has 3 aliphatic rings. The first-order chi connectivity index (χ1) is 15.8. The number of fused-ring (bicyclic) bond motifs is 3. The Morgan fingerprint density at radius 2 is 1.41 bits per heavy atom. The largest absolute Gasteiger partial charge is 0.360 e. The van der Waals surface area contributed by atoms with Crippen LogP contribution < -0.4 is 10.6 Å². The summed E-state index contributed by atoms with van der Waals surface area (Å²) in [6.07, 6.45) is 9.18. The van der Waals surface area contributed by atoms with Gasteiger partial charge in [-0.15, -0.1) is 0 Å². The van der Waals surface area contributed by atoms with Crippen molar-refractivity contribution in [2.75, 3.05) is 10.6 Å².